The number of hydrogen-bond acceptors (Lipinski definition) is 12. The van der Waals surface area contributed by atoms with Crippen molar-refractivity contribution in [3.63, 3.8) is 0 Å². The first kappa shape index (κ1) is 24.5. The minimum Gasteiger partial charge on any atom is -0.477 e. The Bertz CT molecular complexity index is 1170. The fraction of sp³-hybridized carbons (Fsp3) is 0.500. The first-order valence-electron chi connectivity index (χ1n) is 10.2. The van der Waals surface area contributed by atoms with Gasteiger partial charge >= 0.3 is 18.0 Å². The van der Waals surface area contributed by atoms with Crippen LogP contribution in [0.25, 0.3) is 0 Å². The van der Waals surface area contributed by atoms with E-state index in [4.69, 9.17) is 21.0 Å². The molecule has 35 heavy (non-hydrogen) atoms. The number of carbonyl (C=O) groups excluding carboxylic acids is 4. The normalized spacial score (nSPS) is 29.5. The largest absolute Gasteiger partial charge is 0.477 e. The van der Waals surface area contributed by atoms with Crippen LogP contribution in [0.1, 0.15) is 18.5 Å². The minimum absolute atomic E-state index is 0.00773. The van der Waals surface area contributed by atoms with E-state index in [1.165, 1.54) is 5.38 Å². The van der Waals surface area contributed by atoms with Gasteiger partial charge in [-0.3, -0.25) is 23.5 Å². The maximum Gasteiger partial charge on any atom is 0.370 e. The van der Waals surface area contributed by atoms with Gasteiger partial charge < -0.3 is 31.5 Å². The average molecular weight is 529 g/mol. The third-order valence-corrected chi connectivity index (χ3v) is 8.25. The number of Topliss-reactive ketones (excluding diaryl/α,β-unsaturated/α-hetero) is 1. The lowest BCUT2D eigenvalue weighted by molar-refractivity contribution is -0.220. The van der Waals surface area contributed by atoms with E-state index in [1.807, 2.05) is 0 Å². The number of anilines is 1. The number of hydrogen-bond donors (Lipinski definition) is 4. The highest BCUT2D eigenvalue weighted by Gasteiger charge is 2.72. The molecule has 0 unspecified atom stereocenters. The van der Waals surface area contributed by atoms with Crippen LogP contribution in [-0.2, 0) is 39.6 Å². The van der Waals surface area contributed by atoms with Gasteiger partial charge in [-0.25, -0.2) is 14.6 Å². The van der Waals surface area contributed by atoms with Crippen LogP contribution >= 0.6 is 11.3 Å². The van der Waals surface area contributed by atoms with Gasteiger partial charge in [-0.2, -0.15) is 0 Å². The highest BCUT2D eigenvalue weighted by atomic mass is 32.2. The number of aliphatic carboxylic acids is 1. The van der Waals surface area contributed by atoms with Crippen LogP contribution in [0.3, 0.4) is 0 Å². The highest BCUT2D eigenvalue weighted by molar-refractivity contribution is 7.85. The molecule has 15 nitrogen and oxygen atoms in total. The second-order valence-corrected chi connectivity index (χ2v) is 10.4. The molecule has 4 rings (SSSR count). The van der Waals surface area contributed by atoms with E-state index < -0.39 is 69.8 Å². The summed E-state index contributed by atoms with van der Waals surface area (Å²) in [5.74, 6) is -6.06. The molecule has 0 aliphatic carbocycles. The summed E-state index contributed by atoms with van der Waals surface area (Å²) in [6.45, 7) is -0.121. The van der Waals surface area contributed by atoms with Crippen LogP contribution in [0.15, 0.2) is 10.5 Å². The van der Waals surface area contributed by atoms with Gasteiger partial charge in [0.25, 0.3) is 5.72 Å². The predicted octanol–water partition coefficient (Wildman–Crippen LogP) is -2.04. The monoisotopic (exact) mass is 528 g/mol. The van der Waals surface area contributed by atoms with Crippen LogP contribution in [-0.4, -0.2) is 84.6 Å². The number of carboxylic acid groups (broad SMARTS) is 1. The summed E-state index contributed by atoms with van der Waals surface area (Å²) in [5.41, 5.74) is 8.18. The SMILES string of the molecule is NC(=O)NCCO/N=C(\C(=O)C[C@@H]1C(=O)N2[C@@H]1[S@@](=O)C[C@@H]1CC(=O)O[C@@]12C(=O)O)c1csc(N)n1. The number of thiazole rings is 1. The number of aromatic nitrogens is 1. The third kappa shape index (κ3) is 4.20. The minimum atomic E-state index is -2.23. The molecular formula is C18H20N6O9S2. The predicted molar refractivity (Wildman–Crippen MR) is 118 cm³/mol. The molecule has 3 aliphatic heterocycles. The van der Waals surface area contributed by atoms with Crippen molar-refractivity contribution in [3.05, 3.63) is 11.1 Å². The Morgan fingerprint density at radius 2 is 2.17 bits per heavy atom. The molecule has 0 aromatic carbocycles. The maximum atomic E-state index is 13.1. The molecule has 0 bridgehead atoms. The van der Waals surface area contributed by atoms with Crippen LogP contribution in [0, 0.1) is 11.8 Å². The van der Waals surface area contributed by atoms with Gasteiger partial charge in [0.1, 0.15) is 17.7 Å². The number of esters is 1. The number of nitrogen functional groups attached to an aromatic ring is 1. The van der Waals surface area contributed by atoms with Crippen LogP contribution < -0.4 is 16.8 Å². The lowest BCUT2D eigenvalue weighted by Crippen LogP contribution is -2.78. The second-order valence-electron chi connectivity index (χ2n) is 7.89. The molecule has 3 saturated heterocycles. The number of nitrogens with two attached hydrogens (primary N) is 2. The number of amides is 3. The van der Waals surface area contributed by atoms with Gasteiger partial charge in [0.05, 0.1) is 24.8 Å². The standard InChI is InChI=1S/C18H20N6O9S2/c19-16(30)21-1-2-32-23-12(9-5-34-17(20)22-9)10(25)4-8-13(27)24-14(8)35(31)6-7-3-11(26)33-18(7,24)15(28)29/h5,7-8,14H,1-4,6H2,(H2,20,22)(H,28,29)(H3,19,21,30)/b23-12-/t7-,8+,14+,18+,35-/m0/s1. The van der Waals surface area contributed by atoms with Gasteiger partial charge in [0, 0.05) is 28.4 Å². The van der Waals surface area contributed by atoms with Crippen LogP contribution in [0.2, 0.25) is 0 Å². The van der Waals surface area contributed by atoms with Gasteiger partial charge in [-0.05, 0) is 0 Å². The van der Waals surface area contributed by atoms with Crippen molar-refractivity contribution >= 4 is 62.6 Å². The summed E-state index contributed by atoms with van der Waals surface area (Å²) >= 11 is 1.04. The van der Waals surface area contributed by atoms with E-state index in [1.54, 1.807) is 0 Å². The molecule has 4 heterocycles. The molecule has 1 aromatic heterocycles. The van der Waals surface area contributed by atoms with Crippen molar-refractivity contribution in [1.82, 2.24) is 15.2 Å². The lowest BCUT2D eigenvalue weighted by atomic mass is 9.84. The first-order chi connectivity index (χ1) is 16.6. The van der Waals surface area contributed by atoms with Gasteiger partial charge in [0.15, 0.2) is 16.6 Å². The summed E-state index contributed by atoms with van der Waals surface area (Å²) < 4.78 is 17.9. The molecule has 1 aromatic rings. The third-order valence-electron chi connectivity index (χ3n) is 5.77. The van der Waals surface area contributed by atoms with Gasteiger partial charge in [0.2, 0.25) is 5.91 Å². The molecule has 188 valence electrons. The van der Waals surface area contributed by atoms with Gasteiger partial charge in [-0.15, -0.1) is 11.3 Å². The van der Waals surface area contributed by atoms with E-state index in [9.17, 15) is 33.3 Å². The number of β-lactam (4-membered cyclic amide) rings is 1. The van der Waals surface area contributed by atoms with Crippen molar-refractivity contribution in [2.45, 2.75) is 23.9 Å². The smallest absolute Gasteiger partial charge is 0.370 e. The summed E-state index contributed by atoms with van der Waals surface area (Å²) in [5, 5.41) is 16.3. The lowest BCUT2D eigenvalue weighted by Gasteiger charge is -2.56. The average Bonchev–Trinajstić information content (AvgIpc) is 3.35. The van der Waals surface area contributed by atoms with Crippen molar-refractivity contribution in [2.24, 2.45) is 22.7 Å². The second kappa shape index (κ2) is 9.21. The Morgan fingerprint density at radius 3 is 2.80 bits per heavy atom. The number of carboxylic acids is 1. The van der Waals surface area contributed by atoms with Crippen molar-refractivity contribution in [2.75, 3.05) is 24.6 Å². The molecule has 5 atom stereocenters. The number of nitrogens with one attached hydrogen (secondary N) is 1. The highest BCUT2D eigenvalue weighted by Crippen LogP contribution is 2.50. The summed E-state index contributed by atoms with van der Waals surface area (Å²) in [6, 6.07) is -0.774. The number of fused-ring (bicyclic) bond motifs is 3. The van der Waals surface area contributed by atoms with Crippen LogP contribution in [0.5, 0.6) is 0 Å². The fourth-order valence-corrected chi connectivity index (χ4v) is 6.86. The molecule has 3 aliphatic rings. The van der Waals surface area contributed by atoms with E-state index in [-0.39, 0.29) is 41.9 Å². The van der Waals surface area contributed by atoms with E-state index >= 15 is 0 Å². The molecule has 3 fully saturated rings. The maximum absolute atomic E-state index is 13.1. The first-order valence-corrected chi connectivity index (χ1v) is 12.5. The number of urea groups is 1. The van der Waals surface area contributed by atoms with E-state index in [0.717, 1.165) is 16.2 Å². The quantitative estimate of drug-likeness (QED) is 0.0896. The summed E-state index contributed by atoms with van der Waals surface area (Å²) in [7, 11) is -1.73. The molecule has 3 amide bonds. The summed E-state index contributed by atoms with van der Waals surface area (Å²) in [6.07, 6.45) is -0.749. The van der Waals surface area contributed by atoms with Crippen molar-refractivity contribution < 1.29 is 42.9 Å². The number of nitrogens with zero attached hydrogens (tertiary/aromatic N) is 3. The Labute approximate surface area is 203 Å². The Balaban J connectivity index is 1.53. The number of carbonyl (C=O) groups is 5. The van der Waals surface area contributed by atoms with Crippen molar-refractivity contribution in [3.8, 4) is 0 Å². The molecule has 0 saturated carbocycles. The molecule has 17 heteroatoms. The Morgan fingerprint density at radius 1 is 1.43 bits per heavy atom. The number of rotatable bonds is 9. The zero-order valence-electron chi connectivity index (χ0n) is 17.9. The zero-order valence-corrected chi connectivity index (χ0v) is 19.5. The molecule has 0 spiro atoms. The fourth-order valence-electron chi connectivity index (χ4n) is 4.30. The zero-order chi connectivity index (χ0) is 25.5. The molecule has 0 radical (unpaired) electrons. The topological polar surface area (TPSA) is 234 Å². The molecule has 6 N–H and O–H groups in total. The number of ether oxygens (including phenoxy) is 1. The number of ketones is 1. The Kier molecular flexibility index (Phi) is 6.46. The van der Waals surface area contributed by atoms with E-state index in [0.29, 0.717) is 0 Å². The van der Waals surface area contributed by atoms with Crippen LogP contribution in [0.4, 0.5) is 9.93 Å². The van der Waals surface area contributed by atoms with Crippen molar-refractivity contribution in [1.29, 1.82) is 0 Å². The van der Waals surface area contributed by atoms with Gasteiger partial charge in [-0.1, -0.05) is 5.16 Å². The number of primary amides is 1. The number of oxime groups is 1. The summed E-state index contributed by atoms with van der Waals surface area (Å²) in [4.78, 5) is 70.6. The Hall–Kier alpha value is -3.60. The van der Waals surface area contributed by atoms with E-state index in [2.05, 4.69) is 15.5 Å². The molecular weight excluding hydrogens is 508 g/mol.